The molecule has 4 fully saturated rings. The molecule has 8 heteroatoms. The summed E-state index contributed by atoms with van der Waals surface area (Å²) in [7, 11) is 0. The number of cyclic esters (lactones) is 1. The molecule has 2 aromatic rings. The lowest BCUT2D eigenvalue weighted by molar-refractivity contribution is -0.156. The molecule has 0 amide bonds. The number of pyridine rings is 1. The van der Waals surface area contributed by atoms with E-state index in [-0.39, 0.29) is 53.5 Å². The zero-order valence-electron chi connectivity index (χ0n) is 27.0. The number of aromatic nitrogens is 1. The first-order valence-electron chi connectivity index (χ1n) is 17.0. The lowest BCUT2D eigenvalue weighted by atomic mass is 9.44. The maximum absolute atomic E-state index is 14.0. The van der Waals surface area contributed by atoms with Gasteiger partial charge in [-0.3, -0.25) is 4.79 Å². The highest BCUT2D eigenvalue weighted by molar-refractivity contribution is 5.99. The van der Waals surface area contributed by atoms with E-state index in [0.717, 1.165) is 48.6 Å². The van der Waals surface area contributed by atoms with Gasteiger partial charge in [-0.15, -0.1) is 0 Å². The molecule has 0 radical (unpaired) electrons. The van der Waals surface area contributed by atoms with Gasteiger partial charge in [0.1, 0.15) is 17.4 Å². The summed E-state index contributed by atoms with van der Waals surface area (Å²) in [6, 6.07) is 11.2. The predicted octanol–water partition coefficient (Wildman–Crippen LogP) is 5.77. The molecule has 0 unspecified atom stereocenters. The molecule has 46 heavy (non-hydrogen) atoms. The summed E-state index contributed by atoms with van der Waals surface area (Å²) in [5, 5.41) is 10.6. The van der Waals surface area contributed by atoms with Gasteiger partial charge in [-0.05, 0) is 105 Å². The number of allylic oxidation sites excluding steroid dienone is 1. The van der Waals surface area contributed by atoms with E-state index in [9.17, 15) is 19.5 Å². The van der Waals surface area contributed by atoms with E-state index in [1.54, 1.807) is 18.2 Å². The van der Waals surface area contributed by atoms with Crippen LogP contribution in [0.15, 0.2) is 59.7 Å². The Bertz CT molecular complexity index is 1710. The summed E-state index contributed by atoms with van der Waals surface area (Å²) in [4.78, 5) is 44.6. The van der Waals surface area contributed by atoms with Crippen LogP contribution in [0.5, 0.6) is 0 Å². The number of aliphatic hydroxyl groups excluding tert-OH is 1. The Morgan fingerprint density at radius 3 is 2.70 bits per heavy atom. The number of hydrogen-bond donors (Lipinski definition) is 1. The molecule has 11 atom stereocenters. The molecule has 8 nitrogen and oxygen atoms in total. The van der Waals surface area contributed by atoms with Crippen LogP contribution in [-0.4, -0.2) is 58.3 Å². The van der Waals surface area contributed by atoms with Gasteiger partial charge in [-0.1, -0.05) is 43.7 Å². The number of epoxide rings is 1. The molecule has 3 saturated carbocycles. The number of carbonyl (C=O) groups excluding carboxylic acids is 3. The summed E-state index contributed by atoms with van der Waals surface area (Å²) in [6.07, 6.45) is 7.90. The van der Waals surface area contributed by atoms with Crippen LogP contribution >= 0.6 is 0 Å². The number of rotatable bonds is 5. The van der Waals surface area contributed by atoms with Gasteiger partial charge in [0.2, 0.25) is 0 Å². The molecular formula is C38H43NO7. The number of para-hydroxylation sites is 1. The monoisotopic (exact) mass is 625 g/mol. The molecule has 1 aromatic carbocycles. The maximum atomic E-state index is 14.0. The third-order valence-electron chi connectivity index (χ3n) is 13.6. The molecule has 1 aromatic heterocycles. The highest BCUT2D eigenvalue weighted by atomic mass is 16.7. The lowest BCUT2D eigenvalue weighted by Gasteiger charge is -2.58. The quantitative estimate of drug-likeness (QED) is 0.329. The Morgan fingerprint density at radius 1 is 1.11 bits per heavy atom. The number of ketones is 1. The number of nitrogens with zero attached hydrogens (tertiary/aromatic N) is 1. The van der Waals surface area contributed by atoms with Crippen molar-refractivity contribution in [2.45, 2.75) is 90.1 Å². The van der Waals surface area contributed by atoms with Crippen molar-refractivity contribution in [3.8, 4) is 0 Å². The van der Waals surface area contributed by atoms with Crippen LogP contribution in [0, 0.1) is 40.4 Å². The van der Waals surface area contributed by atoms with Gasteiger partial charge in [-0.2, -0.15) is 0 Å². The normalized spacial score (nSPS) is 41.6. The fourth-order valence-corrected chi connectivity index (χ4v) is 11.2. The SMILES string of the molecule is CC1=C(CO)C(=O)O[C@@H]([C@@H](C)[C@H]2CC[C@H]3[C@@H]4C[C@H]5O[C@]56[C@@H](OC(=O)c5ccc7ccccc7n5)C=CC(=O)[C@]6(C)[C@H]4CC[C@]23C)C1. The standard InChI is InChI=1S/C38H43NO7/c1-20-17-30(44-34(42)24(20)19-40)21(2)25-10-11-26-23-18-33-38(46-33)32(14-13-31(41)37(38,4)27(23)15-16-36(25,26)3)45-35(43)29-12-9-22-7-5-6-8-28(22)39-29/h5-9,12-14,21,23,25-27,30,32-33,40H,10-11,15-19H2,1-4H3/t21-,23-,25+,26-,27-,30+,32-,33+,36+,37-,38+/m0/s1. The third kappa shape index (κ3) is 3.98. The van der Waals surface area contributed by atoms with Crippen LogP contribution < -0.4 is 0 Å². The largest absolute Gasteiger partial charge is 0.458 e. The number of esters is 2. The van der Waals surface area contributed by atoms with Crippen LogP contribution in [-0.2, 0) is 23.8 Å². The highest BCUT2D eigenvalue weighted by Crippen LogP contribution is 2.73. The summed E-state index contributed by atoms with van der Waals surface area (Å²) < 4.78 is 18.7. The van der Waals surface area contributed by atoms with E-state index in [1.165, 1.54) is 0 Å². The van der Waals surface area contributed by atoms with Crippen molar-refractivity contribution in [1.29, 1.82) is 0 Å². The first-order chi connectivity index (χ1) is 22.0. The summed E-state index contributed by atoms with van der Waals surface area (Å²) in [6.45, 7) is 8.37. The van der Waals surface area contributed by atoms with E-state index in [4.69, 9.17) is 14.2 Å². The van der Waals surface area contributed by atoms with E-state index in [1.807, 2.05) is 37.3 Å². The van der Waals surface area contributed by atoms with E-state index in [0.29, 0.717) is 29.7 Å². The molecular weight excluding hydrogens is 582 g/mol. The Labute approximate surface area is 269 Å². The van der Waals surface area contributed by atoms with Gasteiger partial charge >= 0.3 is 11.9 Å². The average molecular weight is 626 g/mol. The number of aliphatic hydroxyl groups is 1. The Balaban J connectivity index is 1.04. The minimum absolute atomic E-state index is 0.0638. The molecule has 6 aliphatic rings. The van der Waals surface area contributed by atoms with E-state index >= 15 is 0 Å². The van der Waals surface area contributed by atoms with Gasteiger partial charge in [0.15, 0.2) is 11.9 Å². The number of hydrogen-bond acceptors (Lipinski definition) is 8. The molecule has 242 valence electrons. The number of carbonyl (C=O) groups is 3. The molecule has 2 aliphatic heterocycles. The predicted molar refractivity (Wildman–Crippen MR) is 169 cm³/mol. The van der Waals surface area contributed by atoms with Crippen molar-refractivity contribution >= 4 is 28.6 Å². The summed E-state index contributed by atoms with van der Waals surface area (Å²) in [5.74, 6) is 0.646. The minimum atomic E-state index is -0.851. The second-order valence-electron chi connectivity index (χ2n) is 15.3. The average Bonchev–Trinajstić information content (AvgIpc) is 3.67. The fourth-order valence-electron chi connectivity index (χ4n) is 11.2. The zero-order valence-corrected chi connectivity index (χ0v) is 27.0. The molecule has 3 heterocycles. The zero-order chi connectivity index (χ0) is 32.2. The fraction of sp³-hybridized carbons (Fsp3) is 0.579. The first kappa shape index (κ1) is 30.0. The summed E-state index contributed by atoms with van der Waals surface area (Å²) in [5.41, 5.74) is 0.722. The molecule has 0 bridgehead atoms. The van der Waals surface area contributed by atoms with Crippen LogP contribution in [0.4, 0.5) is 0 Å². The summed E-state index contributed by atoms with van der Waals surface area (Å²) >= 11 is 0. The third-order valence-corrected chi connectivity index (χ3v) is 13.6. The topological polar surface area (TPSA) is 115 Å². The van der Waals surface area contributed by atoms with E-state index in [2.05, 4.69) is 25.8 Å². The molecule has 1 spiro atoms. The van der Waals surface area contributed by atoms with Gasteiger partial charge in [-0.25, -0.2) is 14.6 Å². The van der Waals surface area contributed by atoms with Crippen LogP contribution in [0.25, 0.3) is 10.9 Å². The van der Waals surface area contributed by atoms with Crippen molar-refractivity contribution in [2.75, 3.05) is 6.61 Å². The van der Waals surface area contributed by atoms with Gasteiger partial charge in [0.25, 0.3) is 0 Å². The molecule has 1 N–H and O–H groups in total. The second kappa shape index (κ2) is 10.3. The van der Waals surface area contributed by atoms with Gasteiger partial charge in [0.05, 0.1) is 29.2 Å². The number of benzene rings is 1. The highest BCUT2D eigenvalue weighted by Gasteiger charge is 2.81. The molecule has 4 aliphatic carbocycles. The Morgan fingerprint density at radius 2 is 1.91 bits per heavy atom. The smallest absolute Gasteiger partial charge is 0.357 e. The van der Waals surface area contributed by atoms with Crippen LogP contribution in [0.1, 0.15) is 76.7 Å². The van der Waals surface area contributed by atoms with Crippen molar-refractivity contribution < 1.29 is 33.7 Å². The number of ether oxygens (including phenoxy) is 3. The Hall–Kier alpha value is -3.36. The maximum Gasteiger partial charge on any atom is 0.357 e. The minimum Gasteiger partial charge on any atom is -0.458 e. The van der Waals surface area contributed by atoms with Crippen molar-refractivity contribution in [3.63, 3.8) is 0 Å². The molecule has 1 saturated heterocycles. The van der Waals surface area contributed by atoms with Crippen molar-refractivity contribution in [2.24, 2.45) is 40.4 Å². The Kier molecular flexibility index (Phi) is 6.73. The first-order valence-corrected chi connectivity index (χ1v) is 17.0. The van der Waals surface area contributed by atoms with Crippen molar-refractivity contribution in [1.82, 2.24) is 4.98 Å². The number of fused-ring (bicyclic) bond motifs is 5. The van der Waals surface area contributed by atoms with Gasteiger partial charge in [0, 0.05) is 11.8 Å². The van der Waals surface area contributed by atoms with Crippen LogP contribution in [0.2, 0.25) is 0 Å². The second-order valence-corrected chi connectivity index (χ2v) is 15.3. The van der Waals surface area contributed by atoms with Crippen molar-refractivity contribution in [3.05, 3.63) is 65.4 Å². The van der Waals surface area contributed by atoms with Gasteiger partial charge < -0.3 is 19.3 Å². The lowest BCUT2D eigenvalue weighted by Crippen LogP contribution is -2.64. The van der Waals surface area contributed by atoms with E-state index < -0.39 is 23.1 Å². The molecule has 8 rings (SSSR count). The van der Waals surface area contributed by atoms with Crippen LogP contribution in [0.3, 0.4) is 0 Å².